The standard InChI is InChI=1S/C16H31N3O/c1-12-10-14(8-9-19(12)2)18-16(20)15(17)11-13-6-4-3-5-7-13/h12-15H,3-11,17H2,1-2H3,(H,18,20). The van der Waals surface area contributed by atoms with Crippen molar-refractivity contribution in [3.8, 4) is 0 Å². The van der Waals surface area contributed by atoms with Crippen molar-refractivity contribution in [2.75, 3.05) is 13.6 Å². The molecule has 1 aliphatic heterocycles. The van der Waals surface area contributed by atoms with Crippen molar-refractivity contribution in [3.63, 3.8) is 0 Å². The van der Waals surface area contributed by atoms with Crippen molar-refractivity contribution >= 4 is 5.91 Å². The molecular weight excluding hydrogens is 250 g/mol. The van der Waals surface area contributed by atoms with E-state index in [4.69, 9.17) is 5.73 Å². The van der Waals surface area contributed by atoms with E-state index < -0.39 is 0 Å². The molecule has 1 aliphatic carbocycles. The molecule has 3 unspecified atom stereocenters. The molecule has 4 nitrogen and oxygen atoms in total. The van der Waals surface area contributed by atoms with Gasteiger partial charge in [-0.05, 0) is 39.2 Å². The number of hydrogen-bond donors (Lipinski definition) is 2. The molecule has 1 heterocycles. The highest BCUT2D eigenvalue weighted by molar-refractivity contribution is 5.81. The summed E-state index contributed by atoms with van der Waals surface area (Å²) in [5, 5.41) is 3.17. The Labute approximate surface area is 123 Å². The van der Waals surface area contributed by atoms with Crippen molar-refractivity contribution in [1.29, 1.82) is 0 Å². The Hall–Kier alpha value is -0.610. The molecule has 4 heteroatoms. The molecule has 2 fully saturated rings. The molecule has 0 aromatic carbocycles. The summed E-state index contributed by atoms with van der Waals surface area (Å²) in [7, 11) is 2.15. The highest BCUT2D eigenvalue weighted by Gasteiger charge is 2.27. The molecule has 1 amide bonds. The van der Waals surface area contributed by atoms with E-state index in [0.717, 1.165) is 25.8 Å². The number of carbonyl (C=O) groups excluding carboxylic acids is 1. The minimum absolute atomic E-state index is 0.0670. The minimum Gasteiger partial charge on any atom is -0.352 e. The molecule has 0 aromatic heterocycles. The summed E-state index contributed by atoms with van der Waals surface area (Å²) in [4.78, 5) is 14.6. The smallest absolute Gasteiger partial charge is 0.237 e. The topological polar surface area (TPSA) is 58.4 Å². The van der Waals surface area contributed by atoms with Crippen LogP contribution in [0.1, 0.15) is 58.3 Å². The lowest BCUT2D eigenvalue weighted by atomic mass is 9.84. The van der Waals surface area contributed by atoms with Crippen LogP contribution in [0, 0.1) is 5.92 Å². The largest absolute Gasteiger partial charge is 0.352 e. The average Bonchev–Trinajstić information content (AvgIpc) is 2.44. The second kappa shape index (κ2) is 7.41. The Morgan fingerprint density at radius 2 is 2.00 bits per heavy atom. The zero-order chi connectivity index (χ0) is 14.5. The summed E-state index contributed by atoms with van der Waals surface area (Å²) in [6.45, 7) is 3.28. The normalized spacial score (nSPS) is 30.9. The molecule has 0 spiro atoms. The maximum atomic E-state index is 12.2. The second-order valence-electron chi connectivity index (χ2n) is 6.91. The quantitative estimate of drug-likeness (QED) is 0.827. The number of hydrogen-bond acceptors (Lipinski definition) is 3. The molecular formula is C16H31N3O. The predicted octanol–water partition coefficient (Wildman–Crippen LogP) is 1.88. The van der Waals surface area contributed by atoms with Gasteiger partial charge < -0.3 is 16.0 Å². The molecule has 116 valence electrons. The maximum Gasteiger partial charge on any atom is 0.237 e. The molecule has 1 saturated carbocycles. The molecule has 3 N–H and O–H groups in total. The van der Waals surface area contributed by atoms with Gasteiger partial charge in [0.05, 0.1) is 6.04 Å². The van der Waals surface area contributed by atoms with E-state index in [1.54, 1.807) is 0 Å². The third-order valence-electron chi connectivity index (χ3n) is 5.20. The fourth-order valence-electron chi connectivity index (χ4n) is 3.62. The van der Waals surface area contributed by atoms with Crippen LogP contribution in [-0.2, 0) is 4.79 Å². The highest BCUT2D eigenvalue weighted by atomic mass is 16.2. The zero-order valence-electron chi connectivity index (χ0n) is 13.1. The van der Waals surface area contributed by atoms with E-state index in [2.05, 4.69) is 24.2 Å². The number of piperidine rings is 1. The van der Waals surface area contributed by atoms with Crippen LogP contribution in [0.25, 0.3) is 0 Å². The first-order chi connectivity index (χ1) is 9.56. The molecule has 0 bridgehead atoms. The fraction of sp³-hybridized carbons (Fsp3) is 0.938. The van der Waals surface area contributed by atoms with Crippen molar-refractivity contribution in [2.24, 2.45) is 11.7 Å². The highest BCUT2D eigenvalue weighted by Crippen LogP contribution is 2.27. The lowest BCUT2D eigenvalue weighted by molar-refractivity contribution is -0.123. The predicted molar refractivity (Wildman–Crippen MR) is 82.4 cm³/mol. The van der Waals surface area contributed by atoms with E-state index >= 15 is 0 Å². The molecule has 0 radical (unpaired) electrons. The number of amides is 1. The third kappa shape index (κ3) is 4.45. The van der Waals surface area contributed by atoms with Gasteiger partial charge in [-0.1, -0.05) is 32.1 Å². The number of carbonyl (C=O) groups is 1. The summed E-state index contributed by atoms with van der Waals surface area (Å²) in [6.07, 6.45) is 9.44. The fourth-order valence-corrected chi connectivity index (χ4v) is 3.62. The van der Waals surface area contributed by atoms with E-state index in [9.17, 15) is 4.79 Å². The molecule has 1 saturated heterocycles. The number of nitrogens with one attached hydrogen (secondary N) is 1. The average molecular weight is 281 g/mol. The van der Waals surface area contributed by atoms with Gasteiger partial charge in [-0.3, -0.25) is 4.79 Å². The van der Waals surface area contributed by atoms with Crippen LogP contribution in [0.15, 0.2) is 0 Å². The molecule has 0 aromatic rings. The monoisotopic (exact) mass is 281 g/mol. The van der Waals surface area contributed by atoms with Gasteiger partial charge in [0.1, 0.15) is 0 Å². The molecule has 20 heavy (non-hydrogen) atoms. The van der Waals surface area contributed by atoms with Gasteiger partial charge in [0.2, 0.25) is 5.91 Å². The van der Waals surface area contributed by atoms with Crippen LogP contribution >= 0.6 is 0 Å². The third-order valence-corrected chi connectivity index (χ3v) is 5.20. The first kappa shape index (κ1) is 15.8. The van der Waals surface area contributed by atoms with E-state index in [-0.39, 0.29) is 11.9 Å². The number of nitrogens with zero attached hydrogens (tertiary/aromatic N) is 1. The Bertz CT molecular complexity index is 315. The summed E-state index contributed by atoms with van der Waals surface area (Å²) >= 11 is 0. The van der Waals surface area contributed by atoms with Gasteiger partial charge in [0.25, 0.3) is 0 Å². The van der Waals surface area contributed by atoms with Crippen LogP contribution in [0.5, 0.6) is 0 Å². The van der Waals surface area contributed by atoms with Crippen LogP contribution < -0.4 is 11.1 Å². The first-order valence-electron chi connectivity index (χ1n) is 8.32. The van der Waals surface area contributed by atoms with E-state index in [1.165, 1.54) is 32.1 Å². The second-order valence-corrected chi connectivity index (χ2v) is 6.91. The van der Waals surface area contributed by atoms with Gasteiger partial charge in [-0.2, -0.15) is 0 Å². The lowest BCUT2D eigenvalue weighted by Crippen LogP contribution is -2.51. The molecule has 3 atom stereocenters. The van der Waals surface area contributed by atoms with Crippen molar-refractivity contribution in [2.45, 2.75) is 76.4 Å². The van der Waals surface area contributed by atoms with Gasteiger partial charge in [0, 0.05) is 18.6 Å². The molecule has 2 rings (SSSR count). The summed E-state index contributed by atoms with van der Waals surface area (Å²) in [5.41, 5.74) is 6.10. The number of likely N-dealkylation sites (tertiary alicyclic amines) is 1. The Kier molecular flexibility index (Phi) is 5.85. The Morgan fingerprint density at radius 3 is 2.65 bits per heavy atom. The Balaban J connectivity index is 1.73. The van der Waals surface area contributed by atoms with Crippen LogP contribution in [-0.4, -0.2) is 42.5 Å². The SMILES string of the molecule is CC1CC(NC(=O)C(N)CC2CCCCC2)CCN1C. The summed E-state index contributed by atoms with van der Waals surface area (Å²) < 4.78 is 0. The van der Waals surface area contributed by atoms with Crippen molar-refractivity contribution in [1.82, 2.24) is 10.2 Å². The lowest BCUT2D eigenvalue weighted by Gasteiger charge is -2.36. The zero-order valence-corrected chi connectivity index (χ0v) is 13.1. The minimum atomic E-state index is -0.312. The maximum absolute atomic E-state index is 12.2. The van der Waals surface area contributed by atoms with E-state index in [1.807, 2.05) is 0 Å². The van der Waals surface area contributed by atoms with Gasteiger partial charge in [-0.25, -0.2) is 0 Å². The van der Waals surface area contributed by atoms with Crippen LogP contribution in [0.4, 0.5) is 0 Å². The van der Waals surface area contributed by atoms with Crippen molar-refractivity contribution in [3.05, 3.63) is 0 Å². The van der Waals surface area contributed by atoms with Crippen LogP contribution in [0.3, 0.4) is 0 Å². The number of nitrogens with two attached hydrogens (primary N) is 1. The molecule has 2 aliphatic rings. The first-order valence-corrected chi connectivity index (χ1v) is 8.32. The van der Waals surface area contributed by atoms with Gasteiger partial charge in [0.15, 0.2) is 0 Å². The summed E-state index contributed by atoms with van der Waals surface area (Å²) in [6, 6.07) is 0.544. The van der Waals surface area contributed by atoms with E-state index in [0.29, 0.717) is 18.0 Å². The summed E-state index contributed by atoms with van der Waals surface area (Å²) in [5.74, 6) is 0.734. The van der Waals surface area contributed by atoms with Gasteiger partial charge >= 0.3 is 0 Å². The van der Waals surface area contributed by atoms with Crippen molar-refractivity contribution < 1.29 is 4.79 Å². The number of rotatable bonds is 4. The van der Waals surface area contributed by atoms with Crippen LogP contribution in [0.2, 0.25) is 0 Å². The van der Waals surface area contributed by atoms with Gasteiger partial charge in [-0.15, -0.1) is 0 Å². The Morgan fingerprint density at radius 1 is 1.30 bits per heavy atom.